The van der Waals surface area contributed by atoms with E-state index in [0.29, 0.717) is 5.92 Å². The van der Waals surface area contributed by atoms with Crippen LogP contribution in [0.25, 0.3) is 0 Å². The van der Waals surface area contributed by atoms with Crippen LogP contribution < -0.4 is 5.32 Å². The van der Waals surface area contributed by atoms with Crippen LogP contribution in [0.1, 0.15) is 55.4 Å². The molecule has 0 aromatic carbocycles. The third-order valence-electron chi connectivity index (χ3n) is 2.99. The second-order valence-electron chi connectivity index (χ2n) is 4.94. The first-order chi connectivity index (χ1) is 9.22. The molecule has 4 heteroatoms. The maximum Gasteiger partial charge on any atom is 0.114 e. The molecule has 0 saturated heterocycles. The Morgan fingerprint density at radius 2 is 2.21 bits per heavy atom. The highest BCUT2D eigenvalue weighted by atomic mass is 32.1. The van der Waals surface area contributed by atoms with Crippen LogP contribution in [0.5, 0.6) is 0 Å². The molecule has 0 aliphatic carbocycles. The number of nitrogens with zero attached hydrogens (tertiary/aromatic N) is 2. The van der Waals surface area contributed by atoms with Gasteiger partial charge in [-0.25, -0.2) is 4.98 Å². The minimum absolute atomic E-state index is 0.158. The van der Waals surface area contributed by atoms with Crippen molar-refractivity contribution in [1.29, 1.82) is 0 Å². The molecule has 1 atom stereocenters. The van der Waals surface area contributed by atoms with Crippen molar-refractivity contribution in [3.8, 4) is 0 Å². The van der Waals surface area contributed by atoms with Crippen molar-refractivity contribution in [1.82, 2.24) is 15.3 Å². The Morgan fingerprint density at radius 1 is 1.37 bits per heavy atom. The van der Waals surface area contributed by atoms with Gasteiger partial charge in [-0.1, -0.05) is 26.8 Å². The Labute approximate surface area is 119 Å². The van der Waals surface area contributed by atoms with Crippen molar-refractivity contribution < 1.29 is 0 Å². The number of rotatable bonds is 6. The molecule has 0 spiro atoms. The molecule has 19 heavy (non-hydrogen) atoms. The van der Waals surface area contributed by atoms with Crippen LogP contribution in [-0.2, 0) is 0 Å². The lowest BCUT2D eigenvalue weighted by Gasteiger charge is -2.16. The van der Waals surface area contributed by atoms with E-state index in [2.05, 4.69) is 42.5 Å². The molecular weight excluding hydrogens is 254 g/mol. The molecule has 0 amide bonds. The minimum atomic E-state index is 0.158. The van der Waals surface area contributed by atoms with Gasteiger partial charge >= 0.3 is 0 Å². The minimum Gasteiger partial charge on any atom is -0.304 e. The van der Waals surface area contributed by atoms with Crippen LogP contribution in [0.3, 0.4) is 0 Å². The first-order valence-corrected chi connectivity index (χ1v) is 7.69. The Balaban J connectivity index is 2.26. The fourth-order valence-corrected chi connectivity index (χ4v) is 2.96. The van der Waals surface area contributed by atoms with E-state index in [-0.39, 0.29) is 6.04 Å². The highest BCUT2D eigenvalue weighted by Gasteiger charge is 2.18. The lowest BCUT2D eigenvalue weighted by molar-refractivity contribution is 0.592. The highest BCUT2D eigenvalue weighted by molar-refractivity contribution is 7.09. The van der Waals surface area contributed by atoms with Gasteiger partial charge in [0.15, 0.2) is 0 Å². The SMILES string of the molecule is CCCNC(c1cccnc1)c1nc(C(C)C)cs1. The first-order valence-electron chi connectivity index (χ1n) is 6.81. The van der Waals surface area contributed by atoms with E-state index in [4.69, 9.17) is 4.98 Å². The fourth-order valence-electron chi connectivity index (χ4n) is 1.88. The number of hydrogen-bond acceptors (Lipinski definition) is 4. The summed E-state index contributed by atoms with van der Waals surface area (Å²) in [5.41, 5.74) is 2.35. The summed E-state index contributed by atoms with van der Waals surface area (Å²) in [6.07, 6.45) is 4.84. The lowest BCUT2D eigenvalue weighted by Crippen LogP contribution is -2.23. The molecule has 102 valence electrons. The van der Waals surface area contributed by atoms with E-state index in [0.717, 1.165) is 18.0 Å². The van der Waals surface area contributed by atoms with Crippen molar-refractivity contribution in [3.05, 3.63) is 46.2 Å². The van der Waals surface area contributed by atoms with E-state index in [1.165, 1.54) is 11.3 Å². The van der Waals surface area contributed by atoms with E-state index in [9.17, 15) is 0 Å². The van der Waals surface area contributed by atoms with Gasteiger partial charge in [0.25, 0.3) is 0 Å². The molecule has 1 unspecified atom stereocenters. The molecule has 0 radical (unpaired) electrons. The standard InChI is InChI=1S/C15H21N3S/c1-4-7-17-14(12-6-5-8-16-9-12)15-18-13(10-19-15)11(2)3/h5-6,8-11,14,17H,4,7H2,1-3H3. The van der Waals surface area contributed by atoms with Crippen molar-refractivity contribution in [3.63, 3.8) is 0 Å². The predicted octanol–water partition coefficient (Wildman–Crippen LogP) is 3.75. The molecule has 0 fully saturated rings. The summed E-state index contributed by atoms with van der Waals surface area (Å²) in [7, 11) is 0. The van der Waals surface area contributed by atoms with E-state index >= 15 is 0 Å². The number of thiazole rings is 1. The van der Waals surface area contributed by atoms with Crippen LogP contribution in [-0.4, -0.2) is 16.5 Å². The maximum atomic E-state index is 4.77. The van der Waals surface area contributed by atoms with Crippen molar-refractivity contribution in [2.24, 2.45) is 0 Å². The molecular formula is C15H21N3S. The highest BCUT2D eigenvalue weighted by Crippen LogP contribution is 2.27. The van der Waals surface area contributed by atoms with Crippen molar-refractivity contribution >= 4 is 11.3 Å². The van der Waals surface area contributed by atoms with Gasteiger partial charge in [0.05, 0.1) is 11.7 Å². The summed E-state index contributed by atoms with van der Waals surface area (Å²) >= 11 is 1.73. The first kappa shape index (κ1) is 14.2. The average Bonchev–Trinajstić information content (AvgIpc) is 2.90. The molecule has 0 aliphatic heterocycles. The van der Waals surface area contributed by atoms with Crippen LogP contribution in [0.4, 0.5) is 0 Å². The largest absolute Gasteiger partial charge is 0.304 e. The zero-order valence-electron chi connectivity index (χ0n) is 11.8. The number of hydrogen-bond donors (Lipinski definition) is 1. The molecule has 0 saturated carbocycles. The summed E-state index contributed by atoms with van der Waals surface area (Å²) in [5, 5.41) is 6.86. The monoisotopic (exact) mass is 275 g/mol. The third-order valence-corrected chi connectivity index (χ3v) is 3.92. The summed E-state index contributed by atoms with van der Waals surface area (Å²) in [4.78, 5) is 8.99. The molecule has 0 aliphatic rings. The van der Waals surface area contributed by atoms with Gasteiger partial charge in [-0.15, -0.1) is 11.3 Å². The predicted molar refractivity (Wildman–Crippen MR) is 80.6 cm³/mol. The lowest BCUT2D eigenvalue weighted by atomic mass is 10.1. The van der Waals surface area contributed by atoms with E-state index < -0.39 is 0 Å². The zero-order chi connectivity index (χ0) is 13.7. The van der Waals surface area contributed by atoms with E-state index in [1.54, 1.807) is 11.3 Å². The van der Waals surface area contributed by atoms with Crippen LogP contribution in [0, 0.1) is 0 Å². The molecule has 2 heterocycles. The van der Waals surface area contributed by atoms with E-state index in [1.807, 2.05) is 18.5 Å². The second kappa shape index (κ2) is 6.78. The molecule has 3 nitrogen and oxygen atoms in total. The molecule has 1 N–H and O–H groups in total. The quantitative estimate of drug-likeness (QED) is 0.872. The van der Waals surface area contributed by atoms with Gasteiger partial charge in [0, 0.05) is 17.8 Å². The van der Waals surface area contributed by atoms with Gasteiger partial charge in [-0.3, -0.25) is 4.98 Å². The van der Waals surface area contributed by atoms with Crippen molar-refractivity contribution in [2.45, 2.75) is 39.2 Å². The van der Waals surface area contributed by atoms with Crippen molar-refractivity contribution in [2.75, 3.05) is 6.54 Å². The van der Waals surface area contributed by atoms with Gasteiger partial charge in [0.1, 0.15) is 5.01 Å². The molecule has 0 bridgehead atoms. The van der Waals surface area contributed by atoms with Gasteiger partial charge < -0.3 is 5.32 Å². The zero-order valence-corrected chi connectivity index (χ0v) is 12.6. The Morgan fingerprint density at radius 3 is 2.79 bits per heavy atom. The summed E-state index contributed by atoms with van der Waals surface area (Å²) in [6, 6.07) is 4.25. The van der Waals surface area contributed by atoms with Gasteiger partial charge in [-0.2, -0.15) is 0 Å². The number of nitrogens with one attached hydrogen (secondary N) is 1. The molecule has 2 aromatic rings. The summed E-state index contributed by atoms with van der Waals surface area (Å²) < 4.78 is 0. The normalized spacial score (nSPS) is 12.8. The van der Waals surface area contributed by atoms with Gasteiger partial charge in [0.2, 0.25) is 0 Å². The Kier molecular flexibility index (Phi) is 5.05. The average molecular weight is 275 g/mol. The number of aromatic nitrogens is 2. The van der Waals surface area contributed by atoms with Crippen LogP contribution in [0.15, 0.2) is 29.9 Å². The smallest absolute Gasteiger partial charge is 0.114 e. The number of pyridine rings is 1. The fraction of sp³-hybridized carbons (Fsp3) is 0.467. The molecule has 2 rings (SSSR count). The topological polar surface area (TPSA) is 37.8 Å². The Hall–Kier alpha value is -1.26. The van der Waals surface area contributed by atoms with Crippen LogP contribution >= 0.6 is 11.3 Å². The second-order valence-corrected chi connectivity index (χ2v) is 5.83. The summed E-state index contributed by atoms with van der Waals surface area (Å²) in [6.45, 7) is 7.51. The maximum absolute atomic E-state index is 4.77. The van der Waals surface area contributed by atoms with Gasteiger partial charge in [-0.05, 0) is 30.5 Å². The third kappa shape index (κ3) is 3.61. The summed E-state index contributed by atoms with van der Waals surface area (Å²) in [5.74, 6) is 0.478. The van der Waals surface area contributed by atoms with Crippen LogP contribution in [0.2, 0.25) is 0 Å². The molecule has 2 aromatic heterocycles. The Bertz CT molecular complexity index is 493.